The van der Waals surface area contributed by atoms with Gasteiger partial charge in [-0.3, -0.25) is 0 Å². The lowest BCUT2D eigenvalue weighted by atomic mass is 10.0. The maximum Gasteiger partial charge on any atom is 0.0741 e. The number of nitrogens with two attached hydrogens (primary N) is 1. The minimum Gasteiger partial charge on any atom is -0.389 e. The highest BCUT2D eigenvalue weighted by Crippen LogP contribution is 2.11. The minimum atomic E-state index is -0.679. The van der Waals surface area contributed by atoms with E-state index in [1.807, 2.05) is 6.92 Å². The molecule has 0 aromatic rings. The minimum absolute atomic E-state index is 0.358. The molecule has 3 nitrogen and oxygen atoms in total. The molecular weight excluding hydrogens is 212 g/mol. The summed E-state index contributed by atoms with van der Waals surface area (Å²) in [4.78, 5) is 2.53. The van der Waals surface area contributed by atoms with Crippen molar-refractivity contribution in [2.45, 2.75) is 64.9 Å². The van der Waals surface area contributed by atoms with Crippen molar-refractivity contribution < 1.29 is 5.11 Å². The van der Waals surface area contributed by atoms with Gasteiger partial charge in [0.25, 0.3) is 0 Å². The molecule has 104 valence electrons. The SMILES string of the molecule is CCCCN(CCCC)CCCC(C)(O)CN. The van der Waals surface area contributed by atoms with Crippen LogP contribution in [0.5, 0.6) is 0 Å². The van der Waals surface area contributed by atoms with Crippen molar-refractivity contribution in [1.82, 2.24) is 4.90 Å². The molecule has 0 spiro atoms. The number of hydrogen-bond donors (Lipinski definition) is 2. The van der Waals surface area contributed by atoms with E-state index in [0.29, 0.717) is 6.54 Å². The Hall–Kier alpha value is -0.120. The summed E-state index contributed by atoms with van der Waals surface area (Å²) in [5.41, 5.74) is 4.84. The average Bonchev–Trinajstić information content (AvgIpc) is 2.31. The van der Waals surface area contributed by atoms with E-state index >= 15 is 0 Å². The predicted octanol–water partition coefficient (Wildman–Crippen LogP) is 2.38. The Balaban J connectivity index is 3.81. The maximum absolute atomic E-state index is 9.84. The van der Waals surface area contributed by atoms with Gasteiger partial charge in [-0.25, -0.2) is 0 Å². The molecule has 0 radical (unpaired) electrons. The van der Waals surface area contributed by atoms with Crippen molar-refractivity contribution >= 4 is 0 Å². The molecule has 1 atom stereocenters. The fourth-order valence-corrected chi connectivity index (χ4v) is 1.88. The average molecular weight is 244 g/mol. The largest absolute Gasteiger partial charge is 0.389 e. The monoisotopic (exact) mass is 244 g/mol. The number of nitrogens with zero attached hydrogens (tertiary/aromatic N) is 1. The molecule has 0 rings (SSSR count). The third kappa shape index (κ3) is 9.57. The van der Waals surface area contributed by atoms with Crippen LogP contribution in [0.4, 0.5) is 0 Å². The second kappa shape index (κ2) is 9.86. The first-order chi connectivity index (χ1) is 8.05. The van der Waals surface area contributed by atoms with Crippen LogP contribution in [-0.2, 0) is 0 Å². The Bertz CT molecular complexity index is 164. The van der Waals surface area contributed by atoms with Crippen molar-refractivity contribution in [3.05, 3.63) is 0 Å². The standard InChI is InChI=1S/C14H32N2O/c1-4-6-10-16(11-7-5-2)12-8-9-14(3,17)13-15/h17H,4-13,15H2,1-3H3. The summed E-state index contributed by atoms with van der Waals surface area (Å²) in [5, 5.41) is 9.84. The summed E-state index contributed by atoms with van der Waals surface area (Å²) in [6.45, 7) is 10.1. The maximum atomic E-state index is 9.84. The second-order valence-electron chi connectivity index (χ2n) is 5.35. The lowest BCUT2D eigenvalue weighted by Gasteiger charge is -2.25. The first-order valence-electron chi connectivity index (χ1n) is 7.20. The molecule has 0 saturated carbocycles. The lowest BCUT2D eigenvalue weighted by molar-refractivity contribution is 0.0542. The smallest absolute Gasteiger partial charge is 0.0741 e. The topological polar surface area (TPSA) is 49.5 Å². The van der Waals surface area contributed by atoms with Crippen LogP contribution >= 0.6 is 0 Å². The number of unbranched alkanes of at least 4 members (excludes halogenated alkanes) is 2. The molecule has 0 aromatic carbocycles. The first-order valence-corrected chi connectivity index (χ1v) is 7.20. The zero-order valence-corrected chi connectivity index (χ0v) is 12.0. The van der Waals surface area contributed by atoms with E-state index in [1.165, 1.54) is 38.8 Å². The van der Waals surface area contributed by atoms with Crippen molar-refractivity contribution in [3.63, 3.8) is 0 Å². The molecule has 0 aliphatic carbocycles. The fraction of sp³-hybridized carbons (Fsp3) is 1.00. The summed E-state index contributed by atoms with van der Waals surface area (Å²) in [6.07, 6.45) is 6.90. The van der Waals surface area contributed by atoms with Crippen molar-refractivity contribution in [3.8, 4) is 0 Å². The third-order valence-corrected chi connectivity index (χ3v) is 3.29. The molecule has 17 heavy (non-hydrogen) atoms. The molecule has 0 heterocycles. The Morgan fingerprint density at radius 3 is 1.88 bits per heavy atom. The number of hydrogen-bond acceptors (Lipinski definition) is 3. The number of aliphatic hydroxyl groups is 1. The Kier molecular flexibility index (Phi) is 9.79. The summed E-state index contributed by atoms with van der Waals surface area (Å²) < 4.78 is 0. The van der Waals surface area contributed by atoms with Gasteiger partial charge < -0.3 is 15.7 Å². The molecule has 0 fully saturated rings. The van der Waals surface area contributed by atoms with E-state index in [1.54, 1.807) is 0 Å². The van der Waals surface area contributed by atoms with Crippen LogP contribution in [0.3, 0.4) is 0 Å². The highest BCUT2D eigenvalue weighted by Gasteiger charge is 2.17. The van der Waals surface area contributed by atoms with Crippen LogP contribution in [0, 0.1) is 0 Å². The van der Waals surface area contributed by atoms with Gasteiger partial charge in [-0.15, -0.1) is 0 Å². The Morgan fingerprint density at radius 1 is 1.00 bits per heavy atom. The van der Waals surface area contributed by atoms with E-state index in [9.17, 15) is 5.11 Å². The summed E-state index contributed by atoms with van der Waals surface area (Å²) in [5.74, 6) is 0. The van der Waals surface area contributed by atoms with E-state index < -0.39 is 5.60 Å². The van der Waals surface area contributed by atoms with Gasteiger partial charge in [0.15, 0.2) is 0 Å². The summed E-state index contributed by atoms with van der Waals surface area (Å²) >= 11 is 0. The second-order valence-corrected chi connectivity index (χ2v) is 5.35. The van der Waals surface area contributed by atoms with Gasteiger partial charge >= 0.3 is 0 Å². The molecule has 0 aliphatic heterocycles. The van der Waals surface area contributed by atoms with E-state index in [-0.39, 0.29) is 0 Å². The Labute approximate surface area is 107 Å². The summed E-state index contributed by atoms with van der Waals surface area (Å²) in [7, 11) is 0. The van der Waals surface area contributed by atoms with E-state index in [0.717, 1.165) is 19.4 Å². The Morgan fingerprint density at radius 2 is 1.47 bits per heavy atom. The molecule has 3 N–H and O–H groups in total. The molecule has 1 unspecified atom stereocenters. The van der Waals surface area contributed by atoms with Gasteiger partial charge in [0.05, 0.1) is 5.60 Å². The zero-order chi connectivity index (χ0) is 13.1. The predicted molar refractivity (Wildman–Crippen MR) is 75.2 cm³/mol. The molecule has 3 heteroatoms. The van der Waals surface area contributed by atoms with Crippen LogP contribution < -0.4 is 5.73 Å². The lowest BCUT2D eigenvalue weighted by Crippen LogP contribution is -2.35. The zero-order valence-electron chi connectivity index (χ0n) is 12.0. The van der Waals surface area contributed by atoms with Crippen LogP contribution in [-0.4, -0.2) is 41.8 Å². The third-order valence-electron chi connectivity index (χ3n) is 3.29. The van der Waals surface area contributed by atoms with Gasteiger partial charge in [0.1, 0.15) is 0 Å². The van der Waals surface area contributed by atoms with Crippen LogP contribution in [0.15, 0.2) is 0 Å². The van der Waals surface area contributed by atoms with Crippen LogP contribution in [0.1, 0.15) is 59.3 Å². The van der Waals surface area contributed by atoms with Crippen molar-refractivity contribution in [1.29, 1.82) is 0 Å². The molecule has 0 aromatic heterocycles. The van der Waals surface area contributed by atoms with Gasteiger partial charge in [0, 0.05) is 6.54 Å². The molecular formula is C14H32N2O. The van der Waals surface area contributed by atoms with Gasteiger partial charge in [-0.1, -0.05) is 26.7 Å². The normalized spacial score (nSPS) is 15.2. The quantitative estimate of drug-likeness (QED) is 0.587. The molecule has 0 saturated heterocycles. The molecule has 0 amide bonds. The molecule has 0 bridgehead atoms. The van der Waals surface area contributed by atoms with E-state index in [4.69, 9.17) is 5.73 Å². The van der Waals surface area contributed by atoms with Crippen molar-refractivity contribution in [2.75, 3.05) is 26.2 Å². The van der Waals surface area contributed by atoms with Gasteiger partial charge in [-0.2, -0.15) is 0 Å². The first kappa shape index (κ1) is 16.9. The highest BCUT2D eigenvalue weighted by atomic mass is 16.3. The van der Waals surface area contributed by atoms with Crippen LogP contribution in [0.2, 0.25) is 0 Å². The fourth-order valence-electron chi connectivity index (χ4n) is 1.88. The number of rotatable bonds is 11. The molecule has 0 aliphatic rings. The van der Waals surface area contributed by atoms with E-state index in [2.05, 4.69) is 18.7 Å². The van der Waals surface area contributed by atoms with Gasteiger partial charge in [0.2, 0.25) is 0 Å². The highest BCUT2D eigenvalue weighted by molar-refractivity contribution is 4.73. The van der Waals surface area contributed by atoms with Gasteiger partial charge in [-0.05, 0) is 52.2 Å². The van der Waals surface area contributed by atoms with Crippen molar-refractivity contribution in [2.24, 2.45) is 5.73 Å². The van der Waals surface area contributed by atoms with Crippen LogP contribution in [0.25, 0.3) is 0 Å². The summed E-state index contributed by atoms with van der Waals surface area (Å²) in [6, 6.07) is 0.